The smallest absolute Gasteiger partial charge is 0.323 e. The minimum atomic E-state index is -1.38. The van der Waals surface area contributed by atoms with Crippen molar-refractivity contribution >= 4 is 23.9 Å². The molecule has 1 aliphatic rings. The van der Waals surface area contributed by atoms with E-state index in [0.717, 1.165) is 5.56 Å². The summed E-state index contributed by atoms with van der Waals surface area (Å²) in [7, 11) is 0. The first-order valence-electron chi connectivity index (χ1n) is 17.5. The van der Waals surface area contributed by atoms with Crippen molar-refractivity contribution in [2.24, 2.45) is 0 Å². The average Bonchev–Trinajstić information content (AvgIpc) is 3.10. The molecule has 0 amide bonds. The highest BCUT2D eigenvalue weighted by Gasteiger charge is 2.34. The maximum Gasteiger partial charge on any atom is 0.323 e. The molecule has 0 aliphatic carbocycles. The van der Waals surface area contributed by atoms with Gasteiger partial charge in [0.25, 0.3) is 0 Å². The summed E-state index contributed by atoms with van der Waals surface area (Å²) in [6.45, 7) is 1.81. The standard InChI is InChI=1S/C34H56N4O14/c1-2-50-18-19-51-20-21-52-26-8-6-25(7-9-26)4-3-5-27(31(42)43)35-10-12-36(28(22-39)32(44)45)14-16-38(30(24-41)34(48)49)17-15-37(13-11-35)29(23-40)33(46)47/h6-9,27-30,39-41H,2-5,10-24H2,1H3,(H,42,43)(H,44,45)(H,46,47)(H,48,49)/t27-,28-,29+,30+/m0/s1. The SMILES string of the molecule is CCOCCOCCOc1ccc(CCC[C@@H](C(=O)O)N2CCN([C@H](CO)C(=O)O)CCN([C@H](CO)C(=O)O)CCN([C@@H](CO)C(=O)O)CC2)cc1. The van der Waals surface area contributed by atoms with Crippen LogP contribution in [0.25, 0.3) is 0 Å². The van der Waals surface area contributed by atoms with E-state index in [2.05, 4.69) is 0 Å². The number of hydrogen-bond acceptors (Lipinski definition) is 14. The van der Waals surface area contributed by atoms with Gasteiger partial charge in [-0.2, -0.15) is 0 Å². The third-order valence-electron chi connectivity index (χ3n) is 9.06. The van der Waals surface area contributed by atoms with Crippen molar-refractivity contribution in [2.75, 3.05) is 105 Å². The highest BCUT2D eigenvalue weighted by Crippen LogP contribution is 2.17. The first-order valence-corrected chi connectivity index (χ1v) is 17.5. The normalized spacial score (nSPS) is 18.4. The molecule has 0 spiro atoms. The average molecular weight is 745 g/mol. The van der Waals surface area contributed by atoms with Gasteiger partial charge in [-0.15, -0.1) is 0 Å². The summed E-state index contributed by atoms with van der Waals surface area (Å²) < 4.78 is 16.4. The Morgan fingerprint density at radius 1 is 0.577 bits per heavy atom. The number of ether oxygens (including phenoxy) is 3. The van der Waals surface area contributed by atoms with Crippen LogP contribution in [0.15, 0.2) is 24.3 Å². The Labute approximate surface area is 303 Å². The van der Waals surface area contributed by atoms with Gasteiger partial charge >= 0.3 is 23.9 Å². The second-order valence-electron chi connectivity index (χ2n) is 12.3. The first-order chi connectivity index (χ1) is 25.0. The second kappa shape index (κ2) is 24.7. The van der Waals surface area contributed by atoms with Crippen LogP contribution >= 0.6 is 0 Å². The number of hydrogen-bond donors (Lipinski definition) is 7. The van der Waals surface area contributed by atoms with Gasteiger partial charge in [0.15, 0.2) is 0 Å². The van der Waals surface area contributed by atoms with E-state index in [1.54, 1.807) is 4.90 Å². The summed E-state index contributed by atoms with van der Waals surface area (Å²) in [4.78, 5) is 54.6. The van der Waals surface area contributed by atoms with E-state index in [0.29, 0.717) is 51.6 Å². The van der Waals surface area contributed by atoms with Crippen molar-refractivity contribution < 1.29 is 69.1 Å². The van der Waals surface area contributed by atoms with Crippen LogP contribution < -0.4 is 4.74 Å². The zero-order chi connectivity index (χ0) is 38.5. The molecule has 18 nitrogen and oxygen atoms in total. The molecule has 0 aromatic heterocycles. The molecule has 0 radical (unpaired) electrons. The Morgan fingerprint density at radius 3 is 1.31 bits per heavy atom. The van der Waals surface area contributed by atoms with Crippen molar-refractivity contribution in [1.82, 2.24) is 19.6 Å². The molecule has 2 rings (SSSR count). The predicted molar refractivity (Wildman–Crippen MR) is 185 cm³/mol. The topological polar surface area (TPSA) is 251 Å². The highest BCUT2D eigenvalue weighted by molar-refractivity contribution is 5.75. The fourth-order valence-corrected chi connectivity index (χ4v) is 6.07. The molecule has 0 unspecified atom stereocenters. The van der Waals surface area contributed by atoms with Crippen molar-refractivity contribution in [2.45, 2.75) is 50.4 Å². The van der Waals surface area contributed by atoms with Gasteiger partial charge in [0.2, 0.25) is 0 Å². The van der Waals surface area contributed by atoms with E-state index in [1.807, 2.05) is 31.2 Å². The van der Waals surface area contributed by atoms with Gasteiger partial charge in [-0.1, -0.05) is 12.1 Å². The Morgan fingerprint density at radius 2 is 0.942 bits per heavy atom. The highest BCUT2D eigenvalue weighted by atomic mass is 16.5. The van der Waals surface area contributed by atoms with Crippen LogP contribution in [0.2, 0.25) is 0 Å². The minimum absolute atomic E-state index is 0.0204. The summed E-state index contributed by atoms with van der Waals surface area (Å²) in [5.74, 6) is -4.43. The van der Waals surface area contributed by atoms with Gasteiger partial charge in [-0.25, -0.2) is 0 Å². The molecule has 7 N–H and O–H groups in total. The summed E-state index contributed by atoms with van der Waals surface area (Å²) in [6.07, 6.45) is 1.24. The molecule has 1 aromatic carbocycles. The predicted octanol–water partition coefficient (Wildman–Crippen LogP) is -1.55. The van der Waals surface area contributed by atoms with Gasteiger partial charge in [-0.05, 0) is 43.9 Å². The number of rotatable bonds is 23. The van der Waals surface area contributed by atoms with Crippen LogP contribution in [0.1, 0.15) is 25.3 Å². The van der Waals surface area contributed by atoms with Crippen LogP contribution in [0, 0.1) is 0 Å². The molecule has 1 heterocycles. The van der Waals surface area contributed by atoms with Crippen molar-refractivity contribution in [3.8, 4) is 5.75 Å². The Bertz CT molecular complexity index is 1170. The molecule has 1 aliphatic heterocycles. The summed E-state index contributed by atoms with van der Waals surface area (Å²) >= 11 is 0. The van der Waals surface area contributed by atoms with Crippen LogP contribution in [0.5, 0.6) is 5.75 Å². The molecule has 0 saturated carbocycles. The summed E-state index contributed by atoms with van der Waals surface area (Å²) in [6, 6.07) is 2.29. The largest absolute Gasteiger partial charge is 0.491 e. The second-order valence-corrected chi connectivity index (χ2v) is 12.3. The molecular weight excluding hydrogens is 688 g/mol. The van der Waals surface area contributed by atoms with Crippen LogP contribution in [-0.4, -0.2) is 209 Å². The van der Waals surface area contributed by atoms with Crippen LogP contribution in [0.4, 0.5) is 0 Å². The van der Waals surface area contributed by atoms with Crippen LogP contribution in [-0.2, 0) is 35.1 Å². The number of aliphatic hydroxyl groups excluding tert-OH is 3. The zero-order valence-electron chi connectivity index (χ0n) is 29.8. The lowest BCUT2D eigenvalue weighted by Crippen LogP contribution is -2.57. The lowest BCUT2D eigenvalue weighted by atomic mass is 10.0. The molecule has 4 atom stereocenters. The summed E-state index contributed by atoms with van der Waals surface area (Å²) in [5.41, 5.74) is 0.960. The van der Waals surface area contributed by atoms with E-state index in [9.17, 15) is 54.9 Å². The molecule has 296 valence electrons. The number of carboxylic acid groups (broad SMARTS) is 4. The monoisotopic (exact) mass is 744 g/mol. The lowest BCUT2D eigenvalue weighted by molar-refractivity contribution is -0.149. The third kappa shape index (κ3) is 15.3. The Hall–Kier alpha value is -3.46. The summed E-state index contributed by atoms with van der Waals surface area (Å²) in [5, 5.41) is 69.5. The third-order valence-corrected chi connectivity index (χ3v) is 9.06. The number of aliphatic carboxylic acids is 4. The number of aryl methyl sites for hydroxylation is 1. The van der Waals surface area contributed by atoms with Gasteiger partial charge < -0.3 is 50.0 Å². The minimum Gasteiger partial charge on any atom is -0.491 e. The van der Waals surface area contributed by atoms with Gasteiger partial charge in [0.1, 0.15) is 36.5 Å². The number of aliphatic hydroxyl groups is 3. The maximum absolute atomic E-state index is 12.7. The lowest BCUT2D eigenvalue weighted by Gasteiger charge is -2.39. The van der Waals surface area contributed by atoms with Gasteiger partial charge in [0.05, 0.1) is 39.6 Å². The Balaban J connectivity index is 2.22. The van der Waals surface area contributed by atoms with Crippen molar-refractivity contribution in [3.05, 3.63) is 29.8 Å². The Kier molecular flexibility index (Phi) is 21.2. The van der Waals surface area contributed by atoms with Crippen LogP contribution in [0.3, 0.4) is 0 Å². The molecular formula is C34H56N4O14. The van der Waals surface area contributed by atoms with Crippen molar-refractivity contribution in [1.29, 1.82) is 0 Å². The van der Waals surface area contributed by atoms with E-state index in [4.69, 9.17) is 14.2 Å². The fraction of sp³-hybridized carbons (Fsp3) is 0.706. The molecule has 52 heavy (non-hydrogen) atoms. The van der Waals surface area contributed by atoms with Gasteiger partial charge in [0, 0.05) is 59.0 Å². The molecule has 18 heteroatoms. The molecule has 1 fully saturated rings. The fourth-order valence-electron chi connectivity index (χ4n) is 6.07. The van der Waals surface area contributed by atoms with E-state index in [1.165, 1.54) is 14.7 Å². The molecule has 1 saturated heterocycles. The van der Waals surface area contributed by atoms with E-state index < -0.39 is 67.9 Å². The molecule has 1 aromatic rings. The number of benzene rings is 1. The molecule has 0 bridgehead atoms. The maximum atomic E-state index is 12.7. The quantitative estimate of drug-likeness (QED) is 0.0627. The van der Waals surface area contributed by atoms with Gasteiger partial charge in [-0.3, -0.25) is 38.8 Å². The van der Waals surface area contributed by atoms with E-state index >= 15 is 0 Å². The number of carboxylic acids is 4. The number of nitrogens with zero attached hydrogens (tertiary/aromatic N) is 4. The van der Waals surface area contributed by atoms with E-state index in [-0.39, 0.29) is 58.8 Å². The first kappa shape index (κ1) is 44.7. The number of carbonyl (C=O) groups is 4. The van der Waals surface area contributed by atoms with Crippen molar-refractivity contribution in [3.63, 3.8) is 0 Å². The zero-order valence-corrected chi connectivity index (χ0v) is 29.8.